The van der Waals surface area contributed by atoms with Crippen LogP contribution >= 0.6 is 0 Å². The van der Waals surface area contributed by atoms with Gasteiger partial charge in [0.2, 0.25) is 5.91 Å². The van der Waals surface area contributed by atoms with Crippen LogP contribution in [0.3, 0.4) is 0 Å². The van der Waals surface area contributed by atoms with Gasteiger partial charge < -0.3 is 4.90 Å². The number of rotatable bonds is 4. The Hall–Kier alpha value is -2.37. The quantitative estimate of drug-likeness (QED) is 0.817. The van der Waals surface area contributed by atoms with E-state index >= 15 is 0 Å². The summed E-state index contributed by atoms with van der Waals surface area (Å²) in [6.07, 6.45) is 6.75. The molecule has 6 nitrogen and oxygen atoms in total. The Morgan fingerprint density at radius 3 is 2.54 bits per heavy atom. The van der Waals surface area contributed by atoms with Crippen molar-refractivity contribution in [2.24, 2.45) is 7.05 Å². The van der Waals surface area contributed by atoms with Crippen molar-refractivity contribution in [1.82, 2.24) is 19.2 Å². The zero-order valence-electron chi connectivity index (χ0n) is 16.9. The van der Waals surface area contributed by atoms with Crippen LogP contribution in [0.4, 0.5) is 0 Å². The molecule has 2 fully saturated rings. The summed E-state index contributed by atoms with van der Waals surface area (Å²) in [5.74, 6) is 1.39. The predicted octanol–water partition coefficient (Wildman–Crippen LogP) is 2.95. The van der Waals surface area contributed by atoms with Crippen LogP contribution in [0, 0.1) is 6.92 Å². The minimum atomic E-state index is 0.0138. The summed E-state index contributed by atoms with van der Waals surface area (Å²) in [7, 11) is 1.75. The molecule has 2 heterocycles. The van der Waals surface area contributed by atoms with Crippen LogP contribution in [0.25, 0.3) is 0 Å². The Kier molecular flexibility index (Phi) is 5.38. The lowest BCUT2D eigenvalue weighted by Crippen LogP contribution is -2.39. The number of amides is 1. The first-order valence-corrected chi connectivity index (χ1v) is 10.5. The lowest BCUT2D eigenvalue weighted by Gasteiger charge is -2.32. The molecule has 0 radical (unpaired) electrons. The van der Waals surface area contributed by atoms with Crippen molar-refractivity contribution in [1.29, 1.82) is 0 Å². The third-order valence-electron chi connectivity index (χ3n) is 6.32. The van der Waals surface area contributed by atoms with Gasteiger partial charge in [-0.1, -0.05) is 42.7 Å². The summed E-state index contributed by atoms with van der Waals surface area (Å²) < 4.78 is 3.45. The molecule has 0 N–H and O–H groups in total. The Bertz CT molecular complexity index is 900. The third-order valence-corrected chi connectivity index (χ3v) is 6.32. The van der Waals surface area contributed by atoms with Crippen LogP contribution in [-0.2, 0) is 18.3 Å². The van der Waals surface area contributed by atoms with Gasteiger partial charge >= 0.3 is 5.69 Å². The van der Waals surface area contributed by atoms with E-state index in [0.29, 0.717) is 12.5 Å². The molecular weight excluding hydrogens is 352 g/mol. The van der Waals surface area contributed by atoms with E-state index in [2.05, 4.69) is 24.2 Å². The minimum Gasteiger partial charge on any atom is -0.342 e. The molecule has 0 unspecified atom stereocenters. The van der Waals surface area contributed by atoms with Crippen molar-refractivity contribution in [3.05, 3.63) is 51.7 Å². The Labute approximate surface area is 166 Å². The first-order valence-electron chi connectivity index (χ1n) is 10.5. The highest BCUT2D eigenvalue weighted by molar-refractivity contribution is 5.78. The van der Waals surface area contributed by atoms with E-state index in [9.17, 15) is 9.59 Å². The van der Waals surface area contributed by atoms with E-state index in [1.165, 1.54) is 23.1 Å². The molecule has 1 amide bonds. The van der Waals surface area contributed by atoms with E-state index in [4.69, 9.17) is 0 Å². The van der Waals surface area contributed by atoms with Gasteiger partial charge in [-0.3, -0.25) is 9.36 Å². The monoisotopic (exact) mass is 382 g/mol. The molecule has 1 aromatic heterocycles. The molecule has 0 atom stereocenters. The molecule has 0 spiro atoms. The SMILES string of the molecule is Cc1cccc(CC(=O)N2CCC(c3nn(C)c(=O)n3C3CCCC3)CC2)c1. The number of benzene rings is 1. The molecule has 2 aromatic rings. The summed E-state index contributed by atoms with van der Waals surface area (Å²) in [4.78, 5) is 27.3. The number of likely N-dealkylation sites (tertiary alicyclic amines) is 1. The fourth-order valence-electron chi connectivity index (χ4n) is 4.78. The zero-order chi connectivity index (χ0) is 19.7. The molecule has 1 aromatic carbocycles. The van der Waals surface area contributed by atoms with Gasteiger partial charge in [-0.15, -0.1) is 0 Å². The molecule has 1 saturated carbocycles. The maximum absolute atomic E-state index is 12.7. The molecule has 150 valence electrons. The first-order chi connectivity index (χ1) is 13.5. The molecular formula is C22H30N4O2. The summed E-state index contributed by atoms with van der Waals surface area (Å²) >= 11 is 0. The fraction of sp³-hybridized carbons (Fsp3) is 0.591. The van der Waals surface area contributed by atoms with Crippen LogP contribution in [0.5, 0.6) is 0 Å². The van der Waals surface area contributed by atoms with Gasteiger partial charge in [0.15, 0.2) is 0 Å². The summed E-state index contributed by atoms with van der Waals surface area (Å²) in [5.41, 5.74) is 2.27. The molecule has 0 bridgehead atoms. The smallest absolute Gasteiger partial charge is 0.342 e. The summed E-state index contributed by atoms with van der Waals surface area (Å²) in [6.45, 7) is 3.53. The van der Waals surface area contributed by atoms with E-state index in [1.54, 1.807) is 7.05 Å². The zero-order valence-corrected chi connectivity index (χ0v) is 16.9. The van der Waals surface area contributed by atoms with Crippen molar-refractivity contribution >= 4 is 5.91 Å². The second-order valence-electron chi connectivity index (χ2n) is 8.39. The second kappa shape index (κ2) is 7.94. The average Bonchev–Trinajstić information content (AvgIpc) is 3.30. The maximum Gasteiger partial charge on any atom is 0.345 e. The predicted molar refractivity (Wildman–Crippen MR) is 108 cm³/mol. The van der Waals surface area contributed by atoms with Crippen molar-refractivity contribution in [3.8, 4) is 0 Å². The van der Waals surface area contributed by atoms with E-state index in [1.807, 2.05) is 21.6 Å². The first kappa shape index (κ1) is 19.0. The van der Waals surface area contributed by atoms with Gasteiger partial charge in [0.25, 0.3) is 0 Å². The Balaban J connectivity index is 1.42. The van der Waals surface area contributed by atoms with Gasteiger partial charge in [-0.2, -0.15) is 5.10 Å². The Morgan fingerprint density at radius 2 is 1.86 bits per heavy atom. The van der Waals surface area contributed by atoms with Crippen LogP contribution < -0.4 is 5.69 Å². The van der Waals surface area contributed by atoms with Gasteiger partial charge in [-0.25, -0.2) is 9.48 Å². The van der Waals surface area contributed by atoms with Crippen LogP contribution in [-0.4, -0.2) is 38.2 Å². The number of nitrogens with zero attached hydrogens (tertiary/aromatic N) is 4. The molecule has 2 aliphatic rings. The third kappa shape index (κ3) is 3.77. The number of carbonyl (C=O) groups is 1. The summed E-state index contributed by atoms with van der Waals surface area (Å²) in [5, 5.41) is 4.59. The van der Waals surface area contributed by atoms with Crippen molar-refractivity contribution in [2.75, 3.05) is 13.1 Å². The molecule has 28 heavy (non-hydrogen) atoms. The maximum atomic E-state index is 12.7. The summed E-state index contributed by atoms with van der Waals surface area (Å²) in [6, 6.07) is 8.46. The standard InChI is InChI=1S/C22H30N4O2/c1-16-6-5-7-17(14-16)15-20(27)25-12-10-18(11-13-25)21-23-24(2)22(28)26(21)19-8-3-4-9-19/h5-7,14,18-19H,3-4,8-13,15H2,1-2H3. The molecule has 6 heteroatoms. The molecule has 1 saturated heterocycles. The highest BCUT2D eigenvalue weighted by Crippen LogP contribution is 2.33. The van der Waals surface area contributed by atoms with Gasteiger partial charge in [0.05, 0.1) is 6.42 Å². The van der Waals surface area contributed by atoms with E-state index < -0.39 is 0 Å². The fourth-order valence-corrected chi connectivity index (χ4v) is 4.78. The van der Waals surface area contributed by atoms with Crippen molar-refractivity contribution < 1.29 is 4.79 Å². The van der Waals surface area contributed by atoms with Crippen molar-refractivity contribution in [3.63, 3.8) is 0 Å². The lowest BCUT2D eigenvalue weighted by atomic mass is 9.95. The van der Waals surface area contributed by atoms with Crippen LogP contribution in [0.2, 0.25) is 0 Å². The number of hydrogen-bond acceptors (Lipinski definition) is 3. The average molecular weight is 383 g/mol. The molecule has 1 aliphatic carbocycles. The van der Waals surface area contributed by atoms with E-state index in [-0.39, 0.29) is 17.5 Å². The topological polar surface area (TPSA) is 60.1 Å². The lowest BCUT2D eigenvalue weighted by molar-refractivity contribution is -0.131. The molecule has 1 aliphatic heterocycles. The van der Waals surface area contributed by atoms with Gasteiger partial charge in [0.1, 0.15) is 5.82 Å². The number of hydrogen-bond donors (Lipinski definition) is 0. The van der Waals surface area contributed by atoms with Gasteiger partial charge in [-0.05, 0) is 38.2 Å². The highest BCUT2D eigenvalue weighted by atomic mass is 16.2. The van der Waals surface area contributed by atoms with Crippen LogP contribution in [0.1, 0.15) is 67.4 Å². The number of carbonyl (C=O) groups excluding carboxylic acids is 1. The number of aromatic nitrogens is 3. The minimum absolute atomic E-state index is 0.0138. The largest absolute Gasteiger partial charge is 0.345 e. The highest BCUT2D eigenvalue weighted by Gasteiger charge is 2.31. The van der Waals surface area contributed by atoms with Gasteiger partial charge in [0, 0.05) is 32.1 Å². The van der Waals surface area contributed by atoms with Crippen LogP contribution in [0.15, 0.2) is 29.1 Å². The van der Waals surface area contributed by atoms with E-state index in [0.717, 1.165) is 50.2 Å². The number of piperidine rings is 1. The Morgan fingerprint density at radius 1 is 1.14 bits per heavy atom. The molecule has 4 rings (SSSR count). The van der Waals surface area contributed by atoms with Crippen molar-refractivity contribution in [2.45, 2.75) is 63.8 Å². The second-order valence-corrected chi connectivity index (χ2v) is 8.39. The normalized spacial score (nSPS) is 18.7. The number of aryl methyl sites for hydroxylation is 2.